The number of rotatable bonds is 5. The molecule has 27 heavy (non-hydrogen) atoms. The van der Waals surface area contributed by atoms with Gasteiger partial charge in [-0.25, -0.2) is 14.1 Å². The van der Waals surface area contributed by atoms with Gasteiger partial charge in [0.1, 0.15) is 12.1 Å². The maximum Gasteiger partial charge on any atom is 0.248 e. The lowest BCUT2D eigenvalue weighted by atomic mass is 9.78. The van der Waals surface area contributed by atoms with Crippen molar-refractivity contribution in [1.82, 2.24) is 14.8 Å². The van der Waals surface area contributed by atoms with Crippen LogP contribution in [0, 0.1) is 5.82 Å². The molecular weight excluding hydrogens is 343 g/mol. The van der Waals surface area contributed by atoms with E-state index in [1.54, 1.807) is 23.1 Å². The second kappa shape index (κ2) is 7.31. The summed E-state index contributed by atoms with van der Waals surface area (Å²) < 4.78 is 15.0. The van der Waals surface area contributed by atoms with E-state index in [9.17, 15) is 9.18 Å². The second-order valence-electron chi connectivity index (χ2n) is 7.00. The van der Waals surface area contributed by atoms with Crippen molar-refractivity contribution in [2.24, 2.45) is 0 Å². The number of nitrogens with zero attached hydrogens (tertiary/aromatic N) is 3. The summed E-state index contributed by atoms with van der Waals surface area (Å²) in [7, 11) is 0. The Morgan fingerprint density at radius 3 is 2.48 bits per heavy atom. The van der Waals surface area contributed by atoms with Crippen LogP contribution in [0.1, 0.15) is 36.8 Å². The molecule has 1 amide bonds. The molecule has 1 N–H and O–H groups in total. The Labute approximate surface area is 157 Å². The minimum Gasteiger partial charge on any atom is -0.292 e. The van der Waals surface area contributed by atoms with Gasteiger partial charge >= 0.3 is 0 Å². The Kier molecular flexibility index (Phi) is 4.71. The lowest BCUT2D eigenvalue weighted by Gasteiger charge is -2.27. The molecule has 1 aliphatic carbocycles. The molecule has 1 heterocycles. The molecule has 0 bridgehead atoms. The van der Waals surface area contributed by atoms with Crippen molar-refractivity contribution in [2.75, 3.05) is 5.32 Å². The van der Waals surface area contributed by atoms with Crippen LogP contribution in [0.3, 0.4) is 0 Å². The van der Waals surface area contributed by atoms with E-state index in [1.165, 1.54) is 12.1 Å². The zero-order valence-corrected chi connectivity index (χ0v) is 14.9. The average molecular weight is 364 g/mol. The zero-order chi connectivity index (χ0) is 18.7. The molecule has 0 spiro atoms. The molecule has 0 atom stereocenters. The molecule has 0 saturated heterocycles. The number of aromatic nitrogens is 3. The highest BCUT2D eigenvalue weighted by Gasteiger charge is 2.43. The lowest BCUT2D eigenvalue weighted by Crippen LogP contribution is -2.38. The number of halogens is 1. The SMILES string of the molecule is O=C(Nc1ncn(Cc2ccccc2)n1)C1(c2ccc(F)cc2)CCCC1. The van der Waals surface area contributed by atoms with Gasteiger partial charge in [-0.3, -0.25) is 10.1 Å². The van der Waals surface area contributed by atoms with Crippen molar-refractivity contribution in [2.45, 2.75) is 37.6 Å². The minimum absolute atomic E-state index is 0.121. The predicted molar refractivity (Wildman–Crippen MR) is 101 cm³/mol. The Balaban J connectivity index is 1.51. The highest BCUT2D eigenvalue weighted by molar-refractivity contribution is 5.98. The standard InChI is InChI=1S/C21H21FN4O/c22-18-10-8-17(9-11-18)21(12-4-5-13-21)19(27)24-20-23-15-26(25-20)14-16-6-2-1-3-7-16/h1-3,6-11,15H,4-5,12-14H2,(H,24,25,27). The minimum atomic E-state index is -0.640. The first-order chi connectivity index (χ1) is 13.2. The summed E-state index contributed by atoms with van der Waals surface area (Å²) >= 11 is 0. The van der Waals surface area contributed by atoms with Gasteiger partial charge in [-0.15, -0.1) is 5.10 Å². The van der Waals surface area contributed by atoms with E-state index in [0.29, 0.717) is 12.5 Å². The number of carbonyl (C=O) groups is 1. The smallest absolute Gasteiger partial charge is 0.248 e. The van der Waals surface area contributed by atoms with Crippen molar-refractivity contribution >= 4 is 11.9 Å². The van der Waals surface area contributed by atoms with E-state index < -0.39 is 5.41 Å². The maximum atomic E-state index is 13.3. The molecule has 1 saturated carbocycles. The van der Waals surface area contributed by atoms with Gasteiger partial charge in [-0.1, -0.05) is 55.3 Å². The summed E-state index contributed by atoms with van der Waals surface area (Å²) in [5, 5.41) is 7.24. The van der Waals surface area contributed by atoms with Gasteiger partial charge in [0.05, 0.1) is 12.0 Å². The van der Waals surface area contributed by atoms with Crippen molar-refractivity contribution in [1.29, 1.82) is 0 Å². The molecule has 1 aliphatic rings. The van der Waals surface area contributed by atoms with Crippen molar-refractivity contribution < 1.29 is 9.18 Å². The number of nitrogens with one attached hydrogen (secondary N) is 1. The van der Waals surface area contributed by atoms with Crippen LogP contribution in [0.15, 0.2) is 60.9 Å². The van der Waals surface area contributed by atoms with Gasteiger partial charge in [-0.2, -0.15) is 0 Å². The fourth-order valence-electron chi connectivity index (χ4n) is 3.81. The van der Waals surface area contributed by atoms with Gasteiger partial charge < -0.3 is 0 Å². The normalized spacial score (nSPS) is 15.6. The van der Waals surface area contributed by atoms with Gasteiger partial charge in [-0.05, 0) is 36.1 Å². The first-order valence-corrected chi connectivity index (χ1v) is 9.17. The number of anilines is 1. The van der Waals surface area contributed by atoms with Crippen LogP contribution in [0.25, 0.3) is 0 Å². The Morgan fingerprint density at radius 2 is 1.78 bits per heavy atom. The number of amides is 1. The lowest BCUT2D eigenvalue weighted by molar-refractivity contribution is -0.121. The quantitative estimate of drug-likeness (QED) is 0.747. The Bertz CT molecular complexity index is 915. The topological polar surface area (TPSA) is 59.8 Å². The first-order valence-electron chi connectivity index (χ1n) is 9.17. The average Bonchev–Trinajstić information content (AvgIpc) is 3.34. The summed E-state index contributed by atoms with van der Waals surface area (Å²) in [6.07, 6.45) is 5.05. The van der Waals surface area contributed by atoms with Crippen LogP contribution in [0.4, 0.5) is 10.3 Å². The third-order valence-corrected chi connectivity index (χ3v) is 5.24. The van der Waals surface area contributed by atoms with E-state index in [4.69, 9.17) is 0 Å². The van der Waals surface area contributed by atoms with Crippen LogP contribution in [-0.4, -0.2) is 20.7 Å². The Morgan fingerprint density at radius 1 is 1.07 bits per heavy atom. The summed E-state index contributed by atoms with van der Waals surface area (Å²) in [4.78, 5) is 17.3. The zero-order valence-electron chi connectivity index (χ0n) is 14.9. The van der Waals surface area contributed by atoms with Crippen LogP contribution in [0.5, 0.6) is 0 Å². The van der Waals surface area contributed by atoms with Crippen LogP contribution < -0.4 is 5.32 Å². The number of benzene rings is 2. The fraction of sp³-hybridized carbons (Fsp3) is 0.286. The molecule has 1 aromatic heterocycles. The van der Waals surface area contributed by atoms with Crippen molar-refractivity contribution in [3.05, 3.63) is 77.9 Å². The molecule has 2 aromatic carbocycles. The highest BCUT2D eigenvalue weighted by Crippen LogP contribution is 2.42. The third kappa shape index (κ3) is 3.60. The maximum absolute atomic E-state index is 13.3. The van der Waals surface area contributed by atoms with E-state index in [2.05, 4.69) is 15.4 Å². The van der Waals surface area contributed by atoms with Crippen LogP contribution >= 0.6 is 0 Å². The molecule has 3 aromatic rings. The number of hydrogen-bond acceptors (Lipinski definition) is 3. The first kappa shape index (κ1) is 17.4. The Hall–Kier alpha value is -3.02. The second-order valence-corrected chi connectivity index (χ2v) is 7.00. The molecule has 5 nitrogen and oxygen atoms in total. The predicted octanol–water partition coefficient (Wildman–Crippen LogP) is 3.92. The highest BCUT2D eigenvalue weighted by atomic mass is 19.1. The van der Waals surface area contributed by atoms with Gasteiger partial charge in [0.25, 0.3) is 0 Å². The summed E-state index contributed by atoms with van der Waals surface area (Å²) in [5.41, 5.74) is 1.32. The molecule has 1 fully saturated rings. The monoisotopic (exact) mass is 364 g/mol. The van der Waals surface area contributed by atoms with Crippen molar-refractivity contribution in [3.8, 4) is 0 Å². The molecule has 138 valence electrons. The van der Waals surface area contributed by atoms with Crippen LogP contribution in [0.2, 0.25) is 0 Å². The molecule has 0 aliphatic heterocycles. The number of hydrogen-bond donors (Lipinski definition) is 1. The van der Waals surface area contributed by atoms with Crippen molar-refractivity contribution in [3.63, 3.8) is 0 Å². The van der Waals surface area contributed by atoms with E-state index >= 15 is 0 Å². The molecule has 4 rings (SSSR count). The third-order valence-electron chi connectivity index (χ3n) is 5.24. The number of carbonyl (C=O) groups excluding carboxylic acids is 1. The summed E-state index contributed by atoms with van der Waals surface area (Å²) in [6.45, 7) is 0.590. The molecule has 6 heteroatoms. The molecule has 0 unspecified atom stereocenters. The summed E-state index contributed by atoms with van der Waals surface area (Å²) in [5.74, 6) is -0.123. The fourth-order valence-corrected chi connectivity index (χ4v) is 3.81. The van der Waals surface area contributed by atoms with Gasteiger partial charge in [0.15, 0.2) is 0 Å². The molecule has 0 radical (unpaired) electrons. The van der Waals surface area contributed by atoms with E-state index in [1.807, 2.05) is 30.3 Å². The largest absolute Gasteiger partial charge is 0.292 e. The van der Waals surface area contributed by atoms with Gasteiger partial charge in [0, 0.05) is 0 Å². The van der Waals surface area contributed by atoms with Gasteiger partial charge in [0.2, 0.25) is 11.9 Å². The van der Waals surface area contributed by atoms with Crippen LogP contribution in [-0.2, 0) is 16.8 Å². The molecular formula is C21H21FN4O. The van der Waals surface area contributed by atoms with E-state index in [0.717, 1.165) is 36.8 Å². The van der Waals surface area contributed by atoms with E-state index in [-0.39, 0.29) is 11.7 Å². The summed E-state index contributed by atoms with van der Waals surface area (Å²) in [6, 6.07) is 16.2.